The Balaban J connectivity index is 2.88. The molecule has 12 heavy (non-hydrogen) atoms. The summed E-state index contributed by atoms with van der Waals surface area (Å²) in [7, 11) is 3.99. The third-order valence-corrected chi connectivity index (χ3v) is 3.53. The molecule has 0 aromatic rings. The van der Waals surface area contributed by atoms with Gasteiger partial charge in [0, 0.05) is 18.2 Å². The summed E-state index contributed by atoms with van der Waals surface area (Å²) < 4.78 is 5.49. The predicted octanol–water partition coefficient (Wildman–Crippen LogP) is 1.89. The first-order chi connectivity index (χ1) is 5.32. The summed E-state index contributed by atoms with van der Waals surface area (Å²) >= 11 is 0. The van der Waals surface area contributed by atoms with Crippen LogP contribution in [0, 0.1) is 0 Å². The van der Waals surface area contributed by atoms with Gasteiger partial charge in [0.15, 0.2) is 0 Å². The smallest absolute Gasteiger partial charge is 0.0767 e. The van der Waals surface area contributed by atoms with Gasteiger partial charge < -0.3 is 4.74 Å². The quantitative estimate of drug-likeness (QED) is 0.597. The molecule has 0 amide bonds. The number of rotatable bonds is 1. The molecule has 0 N–H and O–H groups in total. The maximum absolute atomic E-state index is 5.49. The van der Waals surface area contributed by atoms with Crippen molar-refractivity contribution in [2.75, 3.05) is 14.2 Å². The molecule has 0 aliphatic carbocycles. The summed E-state index contributed by atoms with van der Waals surface area (Å²) in [6, 6.07) is 0. The molecule has 1 fully saturated rings. The van der Waals surface area contributed by atoms with Gasteiger partial charge in [-0.15, -0.1) is 0 Å². The Morgan fingerprint density at radius 2 is 1.75 bits per heavy atom. The summed E-state index contributed by atoms with van der Waals surface area (Å²) in [4.78, 5) is 2.41. The topological polar surface area (TPSA) is 12.5 Å². The zero-order valence-electron chi connectivity index (χ0n) is 9.14. The van der Waals surface area contributed by atoms with Crippen LogP contribution in [0.25, 0.3) is 0 Å². The highest BCUT2D eigenvalue weighted by atomic mass is 16.5. The van der Waals surface area contributed by atoms with Crippen molar-refractivity contribution in [3.05, 3.63) is 0 Å². The Bertz CT molecular complexity index is 175. The van der Waals surface area contributed by atoms with Gasteiger partial charge in [-0.25, -0.2) is 0 Å². The van der Waals surface area contributed by atoms with Gasteiger partial charge in [-0.1, -0.05) is 0 Å². The molecule has 0 spiro atoms. The molecule has 1 aliphatic heterocycles. The molecule has 2 heteroatoms. The molecule has 1 unspecified atom stereocenters. The van der Waals surface area contributed by atoms with Crippen molar-refractivity contribution >= 4 is 0 Å². The van der Waals surface area contributed by atoms with Crippen molar-refractivity contribution < 1.29 is 4.74 Å². The maximum atomic E-state index is 5.49. The van der Waals surface area contributed by atoms with E-state index in [2.05, 4.69) is 39.6 Å². The van der Waals surface area contributed by atoms with Gasteiger partial charge in [0.1, 0.15) is 0 Å². The minimum atomic E-state index is 0.165. The molecule has 1 heterocycles. The number of methoxy groups -OCH3 is 1. The van der Waals surface area contributed by atoms with E-state index in [4.69, 9.17) is 4.74 Å². The van der Waals surface area contributed by atoms with Crippen LogP contribution in [0.2, 0.25) is 0 Å². The molecular weight excluding hydrogens is 150 g/mol. The first-order valence-electron chi connectivity index (χ1n) is 4.59. The highest BCUT2D eigenvalue weighted by Crippen LogP contribution is 2.40. The fraction of sp³-hybridized carbons (Fsp3) is 1.00. The molecule has 1 saturated heterocycles. The largest absolute Gasteiger partial charge is 0.379 e. The van der Waals surface area contributed by atoms with Gasteiger partial charge in [0.2, 0.25) is 0 Å². The molecule has 1 rings (SSSR count). The summed E-state index contributed by atoms with van der Waals surface area (Å²) in [5.41, 5.74) is 0.433. The maximum Gasteiger partial charge on any atom is 0.0767 e. The Morgan fingerprint density at radius 1 is 1.25 bits per heavy atom. The first-order valence-corrected chi connectivity index (χ1v) is 4.59. The van der Waals surface area contributed by atoms with Crippen LogP contribution in [0.15, 0.2) is 0 Å². The molecule has 0 radical (unpaired) electrons. The van der Waals surface area contributed by atoms with E-state index >= 15 is 0 Å². The average molecular weight is 171 g/mol. The number of hydrogen-bond acceptors (Lipinski definition) is 2. The Labute approximate surface area is 75.9 Å². The molecule has 0 aromatic carbocycles. The van der Waals surface area contributed by atoms with Crippen LogP contribution < -0.4 is 0 Å². The lowest BCUT2D eigenvalue weighted by atomic mass is 9.97. The Kier molecular flexibility index (Phi) is 2.26. The van der Waals surface area contributed by atoms with E-state index in [0.717, 1.165) is 6.42 Å². The van der Waals surface area contributed by atoms with E-state index in [0.29, 0.717) is 6.10 Å². The lowest BCUT2D eigenvalue weighted by molar-refractivity contribution is 0.0201. The molecular formula is C10H21NO. The molecule has 0 aromatic heterocycles. The van der Waals surface area contributed by atoms with Crippen LogP contribution in [0.5, 0.6) is 0 Å². The van der Waals surface area contributed by atoms with Crippen molar-refractivity contribution in [2.24, 2.45) is 0 Å². The summed E-state index contributed by atoms with van der Waals surface area (Å²) in [5.74, 6) is 0. The number of likely N-dealkylation sites (N-methyl/N-ethyl adjacent to an activating group) is 1. The van der Waals surface area contributed by atoms with Crippen LogP contribution in [-0.4, -0.2) is 36.2 Å². The van der Waals surface area contributed by atoms with Gasteiger partial charge in [-0.3, -0.25) is 4.90 Å². The van der Waals surface area contributed by atoms with Gasteiger partial charge in [0.05, 0.1) is 6.10 Å². The van der Waals surface area contributed by atoms with Crippen LogP contribution >= 0.6 is 0 Å². The van der Waals surface area contributed by atoms with E-state index in [1.807, 2.05) is 7.11 Å². The van der Waals surface area contributed by atoms with Crippen molar-refractivity contribution in [3.8, 4) is 0 Å². The fourth-order valence-electron chi connectivity index (χ4n) is 2.21. The second kappa shape index (κ2) is 2.71. The predicted molar refractivity (Wildman–Crippen MR) is 51.3 cm³/mol. The number of ether oxygens (including phenoxy) is 1. The van der Waals surface area contributed by atoms with Crippen LogP contribution in [-0.2, 0) is 4.74 Å². The van der Waals surface area contributed by atoms with E-state index in [9.17, 15) is 0 Å². The number of likely N-dealkylation sites (tertiary alicyclic amines) is 1. The van der Waals surface area contributed by atoms with Crippen molar-refractivity contribution in [3.63, 3.8) is 0 Å². The second-order valence-corrected chi connectivity index (χ2v) is 4.95. The lowest BCUT2D eigenvalue weighted by Crippen LogP contribution is -2.48. The number of nitrogens with zero attached hydrogens (tertiary/aromatic N) is 1. The fourth-order valence-corrected chi connectivity index (χ4v) is 2.21. The molecule has 2 nitrogen and oxygen atoms in total. The van der Waals surface area contributed by atoms with Gasteiger partial charge in [-0.2, -0.15) is 0 Å². The molecule has 0 bridgehead atoms. The molecule has 0 saturated carbocycles. The minimum absolute atomic E-state index is 0.165. The standard InChI is InChI=1S/C10H21NO/c1-9(2)7-8(12-6)10(3,4)11(9)5/h8H,7H2,1-6H3. The van der Waals surface area contributed by atoms with E-state index in [1.54, 1.807) is 0 Å². The third-order valence-electron chi connectivity index (χ3n) is 3.53. The van der Waals surface area contributed by atoms with Crippen molar-refractivity contribution in [1.82, 2.24) is 4.90 Å². The summed E-state index contributed by atoms with van der Waals surface area (Å²) in [6.07, 6.45) is 1.48. The van der Waals surface area contributed by atoms with Crippen LogP contribution in [0.3, 0.4) is 0 Å². The normalized spacial score (nSPS) is 34.0. The van der Waals surface area contributed by atoms with E-state index in [-0.39, 0.29) is 11.1 Å². The third kappa shape index (κ3) is 1.27. The van der Waals surface area contributed by atoms with Gasteiger partial charge >= 0.3 is 0 Å². The average Bonchev–Trinajstić information content (AvgIpc) is 2.11. The van der Waals surface area contributed by atoms with Crippen LogP contribution in [0.1, 0.15) is 34.1 Å². The van der Waals surface area contributed by atoms with Crippen molar-refractivity contribution in [2.45, 2.75) is 51.3 Å². The van der Waals surface area contributed by atoms with E-state index < -0.39 is 0 Å². The first kappa shape index (κ1) is 10.0. The minimum Gasteiger partial charge on any atom is -0.379 e. The second-order valence-electron chi connectivity index (χ2n) is 4.95. The van der Waals surface area contributed by atoms with E-state index in [1.165, 1.54) is 0 Å². The molecule has 1 atom stereocenters. The zero-order chi connectivity index (χ0) is 9.57. The number of hydrogen-bond donors (Lipinski definition) is 0. The van der Waals surface area contributed by atoms with Crippen molar-refractivity contribution in [1.29, 1.82) is 0 Å². The van der Waals surface area contributed by atoms with Gasteiger partial charge in [0.25, 0.3) is 0 Å². The lowest BCUT2D eigenvalue weighted by Gasteiger charge is -2.37. The summed E-state index contributed by atoms with van der Waals surface area (Å²) in [5, 5.41) is 0. The highest BCUT2D eigenvalue weighted by molar-refractivity contribution is 5.05. The Hall–Kier alpha value is -0.0800. The zero-order valence-corrected chi connectivity index (χ0v) is 9.14. The van der Waals surface area contributed by atoms with Gasteiger partial charge in [-0.05, 0) is 41.2 Å². The Morgan fingerprint density at radius 3 is 1.92 bits per heavy atom. The van der Waals surface area contributed by atoms with Crippen LogP contribution in [0.4, 0.5) is 0 Å². The molecule has 1 aliphatic rings. The monoisotopic (exact) mass is 171 g/mol. The summed E-state index contributed by atoms with van der Waals surface area (Å²) in [6.45, 7) is 9.04. The molecule has 72 valence electrons. The SMILES string of the molecule is COC1CC(C)(C)N(C)C1(C)C. The highest BCUT2D eigenvalue weighted by Gasteiger charge is 2.49.